The Labute approximate surface area is 126 Å². The van der Waals surface area contributed by atoms with Gasteiger partial charge >= 0.3 is 0 Å². The van der Waals surface area contributed by atoms with Crippen LogP contribution in [0.1, 0.15) is 29.7 Å². The first kappa shape index (κ1) is 15.5. The molecule has 1 saturated carbocycles. The Hall–Kier alpha value is -0.860. The zero-order valence-corrected chi connectivity index (χ0v) is 13.5. The zero-order chi connectivity index (χ0) is 14.6. The molecule has 0 amide bonds. The molecule has 0 aliphatic heterocycles. The van der Waals surface area contributed by atoms with Crippen LogP contribution in [0.15, 0.2) is 11.4 Å². The van der Waals surface area contributed by atoms with E-state index >= 15 is 0 Å². The van der Waals surface area contributed by atoms with E-state index < -0.39 is 0 Å². The van der Waals surface area contributed by atoms with E-state index in [-0.39, 0.29) is 6.61 Å². The second-order valence-corrected chi connectivity index (χ2v) is 6.90. The normalized spacial score (nSPS) is 16.9. The molecule has 4 heteroatoms. The van der Waals surface area contributed by atoms with Gasteiger partial charge in [0.05, 0.1) is 0 Å². The molecule has 0 saturated heterocycles. The Bertz CT molecular complexity index is 494. The first-order valence-corrected chi connectivity index (χ1v) is 7.97. The summed E-state index contributed by atoms with van der Waals surface area (Å²) in [6.07, 6.45) is 3.97. The Morgan fingerprint density at radius 2 is 2.10 bits per heavy atom. The van der Waals surface area contributed by atoms with E-state index in [1.165, 1.54) is 24.1 Å². The molecule has 20 heavy (non-hydrogen) atoms. The van der Waals surface area contributed by atoms with Crippen LogP contribution in [0.2, 0.25) is 0 Å². The maximum Gasteiger partial charge on any atom is 0.104 e. The third kappa shape index (κ3) is 3.62. The molecular formula is C16H24N2OS. The van der Waals surface area contributed by atoms with Crippen LogP contribution in [-0.2, 0) is 6.54 Å². The molecule has 3 nitrogen and oxygen atoms in total. The van der Waals surface area contributed by atoms with Crippen LogP contribution in [0.3, 0.4) is 0 Å². The lowest BCUT2D eigenvalue weighted by molar-refractivity contribution is 0.0261. The van der Waals surface area contributed by atoms with Crippen LogP contribution in [0.25, 0.3) is 0 Å². The van der Waals surface area contributed by atoms with Gasteiger partial charge in [-0.1, -0.05) is 11.8 Å². The molecule has 0 aromatic carbocycles. The highest BCUT2D eigenvalue weighted by Gasteiger charge is 2.39. The highest BCUT2D eigenvalue weighted by molar-refractivity contribution is 7.10. The van der Waals surface area contributed by atoms with Crippen molar-refractivity contribution in [1.29, 1.82) is 0 Å². The van der Waals surface area contributed by atoms with E-state index in [0.29, 0.717) is 5.54 Å². The first-order chi connectivity index (χ1) is 9.55. The number of rotatable bonds is 5. The van der Waals surface area contributed by atoms with Crippen molar-refractivity contribution in [3.8, 4) is 11.8 Å². The van der Waals surface area contributed by atoms with Crippen LogP contribution < -0.4 is 0 Å². The largest absolute Gasteiger partial charge is 0.384 e. The summed E-state index contributed by atoms with van der Waals surface area (Å²) in [5.74, 6) is 5.66. The molecule has 1 N–H and O–H groups in total. The average molecular weight is 292 g/mol. The van der Waals surface area contributed by atoms with E-state index in [9.17, 15) is 0 Å². The van der Waals surface area contributed by atoms with Gasteiger partial charge in [-0.25, -0.2) is 0 Å². The summed E-state index contributed by atoms with van der Waals surface area (Å²) in [6, 6.07) is 2.13. The Balaban J connectivity index is 1.91. The molecule has 0 unspecified atom stereocenters. The third-order valence-electron chi connectivity index (χ3n) is 4.19. The van der Waals surface area contributed by atoms with Crippen LogP contribution in [0.5, 0.6) is 0 Å². The van der Waals surface area contributed by atoms with E-state index in [4.69, 9.17) is 5.11 Å². The van der Waals surface area contributed by atoms with Crippen molar-refractivity contribution in [1.82, 2.24) is 9.80 Å². The minimum absolute atomic E-state index is 0.0730. The van der Waals surface area contributed by atoms with Gasteiger partial charge in [0.2, 0.25) is 0 Å². The molecule has 0 bridgehead atoms. The summed E-state index contributed by atoms with van der Waals surface area (Å²) in [6.45, 7) is 2.02. The number of aliphatic hydroxyl groups excluding tert-OH is 1. The monoisotopic (exact) mass is 292 g/mol. The number of likely N-dealkylation sites (N-methyl/N-ethyl adjacent to an activating group) is 2. The van der Waals surface area contributed by atoms with Gasteiger partial charge in [0.1, 0.15) is 6.61 Å². The fourth-order valence-corrected chi connectivity index (χ4v) is 3.72. The number of hydrogen-bond donors (Lipinski definition) is 1. The van der Waals surface area contributed by atoms with Crippen LogP contribution in [-0.4, -0.2) is 54.7 Å². The maximum atomic E-state index is 8.71. The number of aliphatic hydroxyl groups is 1. The van der Waals surface area contributed by atoms with Crippen molar-refractivity contribution in [2.75, 3.05) is 34.3 Å². The molecular weight excluding hydrogens is 268 g/mol. The molecule has 1 fully saturated rings. The molecule has 110 valence electrons. The first-order valence-electron chi connectivity index (χ1n) is 7.09. The molecule has 1 heterocycles. The van der Waals surface area contributed by atoms with Gasteiger partial charge in [-0.05, 0) is 46.5 Å². The summed E-state index contributed by atoms with van der Waals surface area (Å²) < 4.78 is 0. The molecule has 0 radical (unpaired) electrons. The van der Waals surface area contributed by atoms with Gasteiger partial charge in [-0.15, -0.1) is 11.3 Å². The summed E-state index contributed by atoms with van der Waals surface area (Å²) in [4.78, 5) is 6.14. The number of thiophene rings is 1. The van der Waals surface area contributed by atoms with Crippen molar-refractivity contribution in [3.63, 3.8) is 0 Å². The van der Waals surface area contributed by atoms with Gasteiger partial charge in [-0.2, -0.15) is 0 Å². The summed E-state index contributed by atoms with van der Waals surface area (Å²) in [5, 5.41) is 10.8. The minimum Gasteiger partial charge on any atom is -0.384 e. The van der Waals surface area contributed by atoms with Crippen molar-refractivity contribution < 1.29 is 5.11 Å². The molecule has 1 aliphatic carbocycles. The molecule has 1 aliphatic rings. The van der Waals surface area contributed by atoms with Crippen LogP contribution in [0.4, 0.5) is 0 Å². The highest BCUT2D eigenvalue weighted by Crippen LogP contribution is 2.36. The topological polar surface area (TPSA) is 26.7 Å². The van der Waals surface area contributed by atoms with Crippen molar-refractivity contribution in [2.24, 2.45) is 0 Å². The summed E-state index contributed by atoms with van der Waals surface area (Å²) >= 11 is 1.75. The molecule has 1 aromatic heterocycles. The van der Waals surface area contributed by atoms with Crippen LogP contribution >= 0.6 is 11.3 Å². The standard InChI is InChI=1S/C16H24N2OS/c1-17(2)16(7-5-8-16)13-18(3)11-15-10-14(12-20-15)6-4-9-19/h10,12,19H,5,7-9,11,13H2,1-3H3. The Morgan fingerprint density at radius 1 is 1.35 bits per heavy atom. The van der Waals surface area contributed by atoms with Gasteiger partial charge in [0.25, 0.3) is 0 Å². The quantitative estimate of drug-likeness (QED) is 0.841. The predicted molar refractivity (Wildman–Crippen MR) is 84.9 cm³/mol. The predicted octanol–water partition coefficient (Wildman–Crippen LogP) is 2.01. The van der Waals surface area contributed by atoms with E-state index in [1.807, 2.05) is 0 Å². The lowest BCUT2D eigenvalue weighted by atomic mass is 9.75. The molecule has 0 atom stereocenters. The zero-order valence-electron chi connectivity index (χ0n) is 12.6. The van der Waals surface area contributed by atoms with Gasteiger partial charge in [-0.3, -0.25) is 4.90 Å². The van der Waals surface area contributed by atoms with Crippen LogP contribution in [0, 0.1) is 11.8 Å². The lowest BCUT2D eigenvalue weighted by Gasteiger charge is -2.49. The smallest absolute Gasteiger partial charge is 0.104 e. The fraction of sp³-hybridized carbons (Fsp3) is 0.625. The minimum atomic E-state index is -0.0730. The summed E-state index contributed by atoms with van der Waals surface area (Å²) in [7, 11) is 6.59. The van der Waals surface area contributed by atoms with E-state index in [0.717, 1.165) is 18.7 Å². The lowest BCUT2D eigenvalue weighted by Crippen LogP contribution is -2.56. The van der Waals surface area contributed by atoms with Gasteiger partial charge in [0.15, 0.2) is 0 Å². The molecule has 2 rings (SSSR count). The number of hydrogen-bond acceptors (Lipinski definition) is 4. The van der Waals surface area contributed by atoms with E-state index in [2.05, 4.69) is 54.2 Å². The maximum absolute atomic E-state index is 8.71. The molecule has 1 aromatic rings. The van der Waals surface area contributed by atoms with Crippen molar-refractivity contribution in [3.05, 3.63) is 21.9 Å². The van der Waals surface area contributed by atoms with Gasteiger partial charge in [0, 0.05) is 34.4 Å². The summed E-state index contributed by atoms with van der Waals surface area (Å²) in [5.41, 5.74) is 1.39. The second kappa shape index (κ2) is 6.73. The van der Waals surface area contributed by atoms with Crippen molar-refractivity contribution in [2.45, 2.75) is 31.3 Å². The number of nitrogens with zero attached hydrogens (tertiary/aromatic N) is 2. The molecule has 0 spiro atoms. The highest BCUT2D eigenvalue weighted by atomic mass is 32.1. The Morgan fingerprint density at radius 3 is 2.65 bits per heavy atom. The SMILES string of the molecule is CN(Cc1cc(C#CCO)cs1)CC1(N(C)C)CCC1. The average Bonchev–Trinajstić information content (AvgIpc) is 2.78. The third-order valence-corrected chi connectivity index (χ3v) is 5.11. The Kier molecular flexibility index (Phi) is 5.22. The van der Waals surface area contributed by atoms with Crippen molar-refractivity contribution >= 4 is 11.3 Å². The van der Waals surface area contributed by atoms with E-state index in [1.54, 1.807) is 11.3 Å². The van der Waals surface area contributed by atoms with Gasteiger partial charge < -0.3 is 10.0 Å². The fourth-order valence-electron chi connectivity index (χ4n) is 2.83. The second-order valence-electron chi connectivity index (χ2n) is 5.91.